The van der Waals surface area contributed by atoms with Gasteiger partial charge in [0.25, 0.3) is 0 Å². The van der Waals surface area contributed by atoms with Crippen molar-refractivity contribution < 1.29 is 9.53 Å². The molecule has 1 unspecified atom stereocenters. The zero-order chi connectivity index (χ0) is 18.7. The third-order valence-electron chi connectivity index (χ3n) is 4.38. The number of aryl methyl sites for hydroxylation is 2. The molecule has 152 valence electrons. The molecule has 27 heavy (non-hydrogen) atoms. The SMILES string of the molecule is Cc1csc(CCCNC2=NCC3CN(C(=O)OC(C)(C)C)CCN23)n1.I. The van der Waals surface area contributed by atoms with Gasteiger partial charge in [-0.2, -0.15) is 0 Å². The van der Waals surface area contributed by atoms with E-state index in [1.165, 1.54) is 5.01 Å². The van der Waals surface area contributed by atoms with E-state index in [2.05, 4.69) is 25.6 Å². The van der Waals surface area contributed by atoms with Gasteiger partial charge in [0, 0.05) is 43.7 Å². The lowest BCUT2D eigenvalue weighted by atomic mass is 10.2. The number of aliphatic imine (C=N–C) groups is 1. The van der Waals surface area contributed by atoms with Crippen LogP contribution in [0, 0.1) is 6.92 Å². The molecule has 1 aromatic rings. The molecule has 1 amide bonds. The van der Waals surface area contributed by atoms with Gasteiger partial charge in [-0.3, -0.25) is 4.99 Å². The highest BCUT2D eigenvalue weighted by molar-refractivity contribution is 14.0. The topological polar surface area (TPSA) is 70.1 Å². The van der Waals surface area contributed by atoms with Crippen LogP contribution >= 0.6 is 35.3 Å². The van der Waals surface area contributed by atoms with Crippen LogP contribution in [0.2, 0.25) is 0 Å². The first kappa shape index (κ1) is 22.2. The maximum Gasteiger partial charge on any atom is 0.410 e. The molecule has 2 aliphatic heterocycles. The Labute approximate surface area is 182 Å². The van der Waals surface area contributed by atoms with Gasteiger partial charge >= 0.3 is 6.09 Å². The molecule has 0 aromatic carbocycles. The van der Waals surface area contributed by atoms with E-state index in [0.717, 1.165) is 44.1 Å². The minimum atomic E-state index is -0.455. The number of carbonyl (C=O) groups is 1. The smallest absolute Gasteiger partial charge is 0.410 e. The van der Waals surface area contributed by atoms with Crippen LogP contribution in [0.4, 0.5) is 4.79 Å². The highest BCUT2D eigenvalue weighted by atomic mass is 127. The molecule has 0 saturated carbocycles. The zero-order valence-electron chi connectivity index (χ0n) is 16.5. The number of halogens is 1. The highest BCUT2D eigenvalue weighted by Gasteiger charge is 2.36. The monoisotopic (exact) mass is 507 g/mol. The van der Waals surface area contributed by atoms with Crippen molar-refractivity contribution in [3.05, 3.63) is 16.1 Å². The number of ether oxygens (including phenoxy) is 1. The molecular formula is C18H30IN5O2S. The third-order valence-corrected chi connectivity index (χ3v) is 5.40. The number of thiazole rings is 1. The summed E-state index contributed by atoms with van der Waals surface area (Å²) in [5, 5.41) is 6.75. The molecular weight excluding hydrogens is 477 g/mol. The number of guanidine groups is 1. The van der Waals surface area contributed by atoms with Crippen molar-refractivity contribution in [2.45, 2.75) is 52.2 Å². The lowest BCUT2D eigenvalue weighted by molar-refractivity contribution is 0.0137. The van der Waals surface area contributed by atoms with Crippen LogP contribution in [0.1, 0.15) is 37.9 Å². The summed E-state index contributed by atoms with van der Waals surface area (Å²) < 4.78 is 5.49. The van der Waals surface area contributed by atoms with E-state index in [1.54, 1.807) is 16.2 Å². The number of hydrogen-bond acceptors (Lipinski definition) is 7. The lowest BCUT2D eigenvalue weighted by Crippen LogP contribution is -2.57. The number of amides is 1. The van der Waals surface area contributed by atoms with Crippen molar-refractivity contribution in [1.82, 2.24) is 20.1 Å². The average molecular weight is 507 g/mol. The predicted octanol–water partition coefficient (Wildman–Crippen LogP) is 2.88. The predicted molar refractivity (Wildman–Crippen MR) is 119 cm³/mol. The molecule has 1 saturated heterocycles. The first-order valence-electron chi connectivity index (χ1n) is 9.26. The van der Waals surface area contributed by atoms with Gasteiger partial charge in [-0.1, -0.05) is 0 Å². The molecule has 3 heterocycles. The number of aromatic nitrogens is 1. The minimum absolute atomic E-state index is 0. The molecule has 9 heteroatoms. The summed E-state index contributed by atoms with van der Waals surface area (Å²) in [6.07, 6.45) is 1.81. The first-order chi connectivity index (χ1) is 12.3. The van der Waals surface area contributed by atoms with E-state index in [-0.39, 0.29) is 36.1 Å². The van der Waals surface area contributed by atoms with Crippen LogP contribution in [-0.2, 0) is 11.2 Å². The number of nitrogens with one attached hydrogen (secondary N) is 1. The first-order valence-corrected chi connectivity index (χ1v) is 10.1. The Balaban J connectivity index is 0.00000261. The number of hydrogen-bond donors (Lipinski definition) is 1. The average Bonchev–Trinajstić information content (AvgIpc) is 3.15. The molecule has 2 aliphatic rings. The van der Waals surface area contributed by atoms with Crippen molar-refractivity contribution in [3.8, 4) is 0 Å². The van der Waals surface area contributed by atoms with Crippen LogP contribution in [-0.4, -0.2) is 71.2 Å². The lowest BCUT2D eigenvalue weighted by Gasteiger charge is -2.39. The van der Waals surface area contributed by atoms with Crippen LogP contribution in [0.15, 0.2) is 10.4 Å². The normalized spacial score (nSPS) is 19.3. The van der Waals surface area contributed by atoms with Crippen LogP contribution in [0.5, 0.6) is 0 Å². The van der Waals surface area contributed by atoms with Crippen molar-refractivity contribution in [1.29, 1.82) is 0 Å². The van der Waals surface area contributed by atoms with Gasteiger partial charge in [-0.15, -0.1) is 35.3 Å². The summed E-state index contributed by atoms with van der Waals surface area (Å²) in [4.78, 5) is 25.5. The van der Waals surface area contributed by atoms with Gasteiger partial charge < -0.3 is 19.9 Å². The molecule has 0 aliphatic carbocycles. The fourth-order valence-electron chi connectivity index (χ4n) is 3.18. The van der Waals surface area contributed by atoms with E-state index < -0.39 is 5.60 Å². The van der Waals surface area contributed by atoms with E-state index >= 15 is 0 Å². The molecule has 0 radical (unpaired) electrons. The van der Waals surface area contributed by atoms with Crippen LogP contribution in [0.3, 0.4) is 0 Å². The Hall–Kier alpha value is -1.10. The van der Waals surface area contributed by atoms with Crippen LogP contribution in [0.25, 0.3) is 0 Å². The summed E-state index contributed by atoms with van der Waals surface area (Å²) in [5.41, 5.74) is 0.645. The summed E-state index contributed by atoms with van der Waals surface area (Å²) in [6.45, 7) is 11.5. The number of rotatable bonds is 4. The van der Waals surface area contributed by atoms with Crippen molar-refractivity contribution >= 4 is 47.4 Å². The van der Waals surface area contributed by atoms with Gasteiger partial charge in [0.2, 0.25) is 0 Å². The van der Waals surface area contributed by atoms with Crippen LogP contribution < -0.4 is 5.32 Å². The van der Waals surface area contributed by atoms with E-state index in [0.29, 0.717) is 13.1 Å². The van der Waals surface area contributed by atoms with Gasteiger partial charge in [0.15, 0.2) is 5.96 Å². The fraction of sp³-hybridized carbons (Fsp3) is 0.722. The number of carbonyl (C=O) groups excluding carboxylic acids is 1. The van der Waals surface area contributed by atoms with Gasteiger partial charge in [0.05, 0.1) is 17.6 Å². The summed E-state index contributed by atoms with van der Waals surface area (Å²) >= 11 is 1.73. The Morgan fingerprint density at radius 2 is 2.19 bits per heavy atom. The Kier molecular flexibility index (Phi) is 7.73. The third kappa shape index (κ3) is 6.20. The molecule has 0 bridgehead atoms. The molecule has 0 spiro atoms. The maximum absolute atomic E-state index is 12.3. The van der Waals surface area contributed by atoms with Gasteiger partial charge in [-0.05, 0) is 34.1 Å². The molecule has 1 aromatic heterocycles. The van der Waals surface area contributed by atoms with Gasteiger partial charge in [-0.25, -0.2) is 9.78 Å². The second kappa shape index (κ2) is 9.40. The maximum atomic E-state index is 12.3. The van der Waals surface area contributed by atoms with E-state index in [4.69, 9.17) is 4.74 Å². The number of piperazine rings is 1. The molecule has 7 nitrogen and oxygen atoms in total. The summed E-state index contributed by atoms with van der Waals surface area (Å²) in [5.74, 6) is 0.967. The number of fused-ring (bicyclic) bond motifs is 1. The van der Waals surface area contributed by atoms with Crippen molar-refractivity contribution in [2.24, 2.45) is 4.99 Å². The summed E-state index contributed by atoms with van der Waals surface area (Å²) in [6, 6.07) is 0.250. The standard InChI is InChI=1S/C18H29N5O2S.HI/c1-13-12-26-15(21-13)6-5-7-19-16-20-10-14-11-22(8-9-23(14)16)17(24)25-18(2,3)4;/h12,14H,5-11H2,1-4H3,(H,19,20);1H. The van der Waals surface area contributed by atoms with Crippen molar-refractivity contribution in [3.63, 3.8) is 0 Å². The molecule has 1 fully saturated rings. The zero-order valence-corrected chi connectivity index (χ0v) is 19.7. The Morgan fingerprint density at radius 1 is 1.41 bits per heavy atom. The second-order valence-electron chi connectivity index (χ2n) is 7.85. The van der Waals surface area contributed by atoms with Crippen molar-refractivity contribution in [2.75, 3.05) is 32.7 Å². The molecule has 1 atom stereocenters. The summed E-state index contributed by atoms with van der Waals surface area (Å²) in [7, 11) is 0. The quantitative estimate of drug-likeness (QED) is 0.502. The largest absolute Gasteiger partial charge is 0.444 e. The fourth-order valence-corrected chi connectivity index (χ4v) is 4.00. The number of nitrogens with zero attached hydrogens (tertiary/aromatic N) is 4. The van der Waals surface area contributed by atoms with Gasteiger partial charge in [0.1, 0.15) is 5.60 Å². The van der Waals surface area contributed by atoms with E-state index in [9.17, 15) is 4.79 Å². The van der Waals surface area contributed by atoms with E-state index in [1.807, 2.05) is 27.7 Å². The highest BCUT2D eigenvalue weighted by Crippen LogP contribution is 2.18. The molecule has 1 N–H and O–H groups in total. The Bertz CT molecular complexity index is 673. The minimum Gasteiger partial charge on any atom is -0.444 e. The molecule has 3 rings (SSSR count). The Morgan fingerprint density at radius 3 is 2.85 bits per heavy atom. The second-order valence-corrected chi connectivity index (χ2v) is 8.79.